The van der Waals surface area contributed by atoms with Crippen LogP contribution in [0.15, 0.2) is 59.6 Å². The van der Waals surface area contributed by atoms with Gasteiger partial charge in [0.1, 0.15) is 17.8 Å². The summed E-state index contributed by atoms with van der Waals surface area (Å²) in [7, 11) is 0. The highest BCUT2D eigenvalue weighted by Gasteiger charge is 2.12. The van der Waals surface area contributed by atoms with Crippen LogP contribution in [0.1, 0.15) is 47.2 Å². The molecule has 0 atom stereocenters. The number of benzene rings is 1. The van der Waals surface area contributed by atoms with Crippen LogP contribution < -0.4 is 5.32 Å². The van der Waals surface area contributed by atoms with Crippen molar-refractivity contribution in [3.8, 4) is 17.3 Å². The Balaban J connectivity index is 1.44. The van der Waals surface area contributed by atoms with Gasteiger partial charge in [-0.3, -0.25) is 9.36 Å². The van der Waals surface area contributed by atoms with Gasteiger partial charge in [-0.1, -0.05) is 43.3 Å². The Bertz CT molecular complexity index is 1160. The van der Waals surface area contributed by atoms with Gasteiger partial charge in [-0.05, 0) is 36.1 Å². The van der Waals surface area contributed by atoms with Crippen LogP contribution in [-0.2, 0) is 6.54 Å². The van der Waals surface area contributed by atoms with Crippen molar-refractivity contribution < 1.29 is 9.32 Å². The first-order valence-electron chi connectivity index (χ1n) is 9.68. The largest absolute Gasteiger partial charge is 0.347 e. The summed E-state index contributed by atoms with van der Waals surface area (Å²) in [6.45, 7) is 6.50. The van der Waals surface area contributed by atoms with Crippen molar-refractivity contribution in [2.24, 2.45) is 0 Å². The number of rotatable bonds is 6. The fourth-order valence-electron chi connectivity index (χ4n) is 2.97. The lowest BCUT2D eigenvalue weighted by molar-refractivity contribution is 0.0946. The summed E-state index contributed by atoms with van der Waals surface area (Å²) >= 11 is 0. The molecule has 0 fully saturated rings. The van der Waals surface area contributed by atoms with Crippen molar-refractivity contribution in [2.45, 2.75) is 33.2 Å². The normalized spacial score (nSPS) is 11.1. The van der Waals surface area contributed by atoms with E-state index < -0.39 is 0 Å². The van der Waals surface area contributed by atoms with E-state index in [2.05, 4.69) is 51.4 Å². The lowest BCUT2D eigenvalue weighted by Crippen LogP contribution is -2.23. The molecule has 1 aromatic carbocycles. The molecule has 3 heterocycles. The molecule has 8 nitrogen and oxygen atoms in total. The van der Waals surface area contributed by atoms with Crippen LogP contribution in [0.2, 0.25) is 0 Å². The van der Waals surface area contributed by atoms with Gasteiger partial charge in [0.15, 0.2) is 5.82 Å². The van der Waals surface area contributed by atoms with Gasteiger partial charge < -0.3 is 9.84 Å². The van der Waals surface area contributed by atoms with E-state index in [1.54, 1.807) is 42.3 Å². The van der Waals surface area contributed by atoms with Gasteiger partial charge in [-0.25, -0.2) is 9.97 Å². The van der Waals surface area contributed by atoms with Gasteiger partial charge in [-0.2, -0.15) is 4.98 Å². The molecule has 0 aliphatic heterocycles. The second kappa shape index (κ2) is 8.28. The molecular weight excluding hydrogens is 380 g/mol. The Hall–Kier alpha value is -3.81. The molecular formula is C22H22N6O2. The second-order valence-electron chi connectivity index (χ2n) is 7.29. The number of aryl methyl sites for hydroxylation is 1. The monoisotopic (exact) mass is 402 g/mol. The summed E-state index contributed by atoms with van der Waals surface area (Å²) in [5.41, 5.74) is 3.37. The van der Waals surface area contributed by atoms with Crippen molar-refractivity contribution in [1.82, 2.24) is 30.0 Å². The van der Waals surface area contributed by atoms with Crippen LogP contribution in [0.4, 0.5) is 0 Å². The Morgan fingerprint density at radius 2 is 1.97 bits per heavy atom. The quantitative estimate of drug-likeness (QED) is 0.528. The fourth-order valence-corrected chi connectivity index (χ4v) is 2.97. The number of hydrogen-bond acceptors (Lipinski definition) is 6. The Morgan fingerprint density at radius 1 is 1.17 bits per heavy atom. The minimum atomic E-state index is -0.245. The van der Waals surface area contributed by atoms with Crippen molar-refractivity contribution in [1.29, 1.82) is 0 Å². The molecule has 0 saturated carbocycles. The Labute approximate surface area is 174 Å². The molecule has 4 rings (SSSR count). The maximum absolute atomic E-state index is 12.5. The summed E-state index contributed by atoms with van der Waals surface area (Å²) < 4.78 is 6.88. The Kier molecular flexibility index (Phi) is 5.38. The average Bonchev–Trinajstić information content (AvgIpc) is 3.42. The van der Waals surface area contributed by atoms with Crippen LogP contribution in [0.3, 0.4) is 0 Å². The van der Waals surface area contributed by atoms with Gasteiger partial charge >= 0.3 is 0 Å². The van der Waals surface area contributed by atoms with Crippen molar-refractivity contribution in [2.75, 3.05) is 0 Å². The molecule has 0 spiro atoms. The number of nitrogens with one attached hydrogen (secondary N) is 1. The highest BCUT2D eigenvalue weighted by Crippen LogP contribution is 2.19. The van der Waals surface area contributed by atoms with E-state index in [9.17, 15) is 4.79 Å². The molecule has 4 aromatic rings. The molecule has 8 heteroatoms. The van der Waals surface area contributed by atoms with Gasteiger partial charge in [0.2, 0.25) is 0 Å². The zero-order valence-electron chi connectivity index (χ0n) is 17.0. The highest BCUT2D eigenvalue weighted by atomic mass is 16.5. The standard InChI is InChI=1S/C22H22N6O2/c1-14(2)17-6-4-16(5-7-17)11-24-21(29)19-12-28(13-25-19)20-10-18(8-9-23-20)22-26-15(3)27-30-22/h4-10,12-14H,11H2,1-3H3,(H,24,29). The van der Waals surface area contributed by atoms with Crippen LogP contribution in [0.5, 0.6) is 0 Å². The summed E-state index contributed by atoms with van der Waals surface area (Å²) in [6, 6.07) is 11.8. The van der Waals surface area contributed by atoms with Crippen molar-refractivity contribution >= 4 is 5.91 Å². The van der Waals surface area contributed by atoms with Crippen LogP contribution >= 0.6 is 0 Å². The molecule has 0 unspecified atom stereocenters. The smallest absolute Gasteiger partial charge is 0.271 e. The maximum atomic E-state index is 12.5. The summed E-state index contributed by atoms with van der Waals surface area (Å²) in [6.07, 6.45) is 4.84. The number of hydrogen-bond donors (Lipinski definition) is 1. The predicted molar refractivity (Wildman–Crippen MR) is 111 cm³/mol. The zero-order chi connectivity index (χ0) is 21.1. The van der Waals surface area contributed by atoms with Crippen LogP contribution in [0.25, 0.3) is 17.3 Å². The van der Waals surface area contributed by atoms with Crippen LogP contribution in [-0.4, -0.2) is 30.6 Å². The number of nitrogens with zero attached hydrogens (tertiary/aromatic N) is 5. The SMILES string of the molecule is Cc1noc(-c2ccnc(-n3cnc(C(=O)NCc4ccc(C(C)C)cc4)c3)c2)n1. The summed E-state index contributed by atoms with van der Waals surface area (Å²) in [4.78, 5) is 25.3. The molecule has 1 N–H and O–H groups in total. The highest BCUT2D eigenvalue weighted by molar-refractivity contribution is 5.92. The fraction of sp³-hybridized carbons (Fsp3) is 0.227. The third kappa shape index (κ3) is 4.27. The molecule has 152 valence electrons. The summed E-state index contributed by atoms with van der Waals surface area (Å²) in [5.74, 6) is 1.81. The minimum Gasteiger partial charge on any atom is -0.347 e. The van der Waals surface area contributed by atoms with E-state index in [1.807, 2.05) is 12.1 Å². The van der Waals surface area contributed by atoms with Crippen molar-refractivity contribution in [3.63, 3.8) is 0 Å². The first-order valence-corrected chi connectivity index (χ1v) is 9.68. The predicted octanol–water partition coefficient (Wildman–Crippen LogP) is 3.68. The molecule has 1 amide bonds. The third-order valence-electron chi connectivity index (χ3n) is 4.70. The number of aromatic nitrogens is 5. The molecule has 3 aromatic heterocycles. The zero-order valence-corrected chi connectivity index (χ0v) is 17.0. The van der Waals surface area contributed by atoms with E-state index >= 15 is 0 Å². The van der Waals surface area contributed by atoms with Gasteiger partial charge in [0.05, 0.1) is 0 Å². The minimum absolute atomic E-state index is 0.245. The molecule has 0 bridgehead atoms. The van der Waals surface area contributed by atoms with E-state index in [0.29, 0.717) is 35.7 Å². The van der Waals surface area contributed by atoms with E-state index in [0.717, 1.165) is 11.1 Å². The molecule has 0 saturated heterocycles. The molecule has 0 aliphatic carbocycles. The van der Waals surface area contributed by atoms with Gasteiger partial charge in [-0.15, -0.1) is 0 Å². The number of amides is 1. The number of carbonyl (C=O) groups excluding carboxylic acids is 1. The molecule has 0 radical (unpaired) electrons. The summed E-state index contributed by atoms with van der Waals surface area (Å²) in [5, 5.41) is 6.70. The van der Waals surface area contributed by atoms with Gasteiger partial charge in [0.25, 0.3) is 11.8 Å². The topological polar surface area (TPSA) is 98.7 Å². The third-order valence-corrected chi connectivity index (χ3v) is 4.70. The first-order chi connectivity index (χ1) is 14.5. The number of carbonyl (C=O) groups is 1. The van der Waals surface area contributed by atoms with Gasteiger partial charge in [0, 0.05) is 24.5 Å². The lowest BCUT2D eigenvalue weighted by atomic mass is 10.0. The molecule has 0 aliphatic rings. The van der Waals surface area contributed by atoms with E-state index in [-0.39, 0.29) is 5.91 Å². The maximum Gasteiger partial charge on any atom is 0.271 e. The van der Waals surface area contributed by atoms with Crippen LogP contribution in [0, 0.1) is 6.92 Å². The first kappa shape index (κ1) is 19.5. The Morgan fingerprint density at radius 3 is 2.67 bits per heavy atom. The number of imidazole rings is 1. The molecule has 30 heavy (non-hydrogen) atoms. The average molecular weight is 402 g/mol. The van der Waals surface area contributed by atoms with Crippen molar-refractivity contribution in [3.05, 3.63) is 77.8 Å². The van der Waals surface area contributed by atoms with E-state index in [4.69, 9.17) is 4.52 Å². The second-order valence-corrected chi connectivity index (χ2v) is 7.29. The number of pyridine rings is 1. The lowest BCUT2D eigenvalue weighted by Gasteiger charge is -2.07. The van der Waals surface area contributed by atoms with E-state index in [1.165, 1.54) is 5.56 Å².